The molecule has 0 atom stereocenters. The summed E-state index contributed by atoms with van der Waals surface area (Å²) in [7, 11) is -3.95. The monoisotopic (exact) mass is 486 g/mol. The SMILES string of the molecule is CCOc1ccc(CCCNC(=O)CN(c2ccccc2)S(=O)(=O)c2ccc(Cl)cc2)cc1. The zero-order valence-electron chi connectivity index (χ0n) is 18.4. The van der Waals surface area contributed by atoms with Gasteiger partial charge in [0, 0.05) is 11.6 Å². The number of ether oxygens (including phenoxy) is 1. The number of sulfonamides is 1. The van der Waals surface area contributed by atoms with E-state index in [0.717, 1.165) is 28.5 Å². The van der Waals surface area contributed by atoms with Gasteiger partial charge < -0.3 is 10.1 Å². The van der Waals surface area contributed by atoms with Gasteiger partial charge in [-0.15, -0.1) is 0 Å². The summed E-state index contributed by atoms with van der Waals surface area (Å²) in [5.74, 6) is 0.459. The number of carbonyl (C=O) groups is 1. The van der Waals surface area contributed by atoms with Crippen LogP contribution in [0.2, 0.25) is 5.02 Å². The predicted octanol–water partition coefficient (Wildman–Crippen LogP) is 4.68. The molecule has 0 aliphatic heterocycles. The summed E-state index contributed by atoms with van der Waals surface area (Å²) in [6.45, 7) is 2.68. The van der Waals surface area contributed by atoms with Gasteiger partial charge in [0.1, 0.15) is 12.3 Å². The van der Waals surface area contributed by atoms with E-state index in [0.29, 0.717) is 23.9 Å². The third-order valence-corrected chi connectivity index (χ3v) is 6.97. The van der Waals surface area contributed by atoms with Crippen LogP contribution in [0.5, 0.6) is 5.75 Å². The lowest BCUT2D eigenvalue weighted by Gasteiger charge is -2.24. The normalized spacial score (nSPS) is 11.1. The second kappa shape index (κ2) is 11.7. The molecule has 0 aliphatic carbocycles. The van der Waals surface area contributed by atoms with Gasteiger partial charge in [-0.2, -0.15) is 0 Å². The highest BCUT2D eigenvalue weighted by molar-refractivity contribution is 7.92. The molecule has 174 valence electrons. The Bertz CT molecular complexity index is 1140. The van der Waals surface area contributed by atoms with Gasteiger partial charge in [-0.3, -0.25) is 9.10 Å². The summed E-state index contributed by atoms with van der Waals surface area (Å²) in [4.78, 5) is 12.7. The predicted molar refractivity (Wildman–Crippen MR) is 131 cm³/mol. The fourth-order valence-electron chi connectivity index (χ4n) is 3.27. The van der Waals surface area contributed by atoms with E-state index in [-0.39, 0.29) is 17.3 Å². The summed E-state index contributed by atoms with van der Waals surface area (Å²) in [6, 6.07) is 22.3. The number of hydrogen-bond donors (Lipinski definition) is 1. The molecule has 3 rings (SSSR count). The summed E-state index contributed by atoms with van der Waals surface area (Å²) >= 11 is 5.90. The Morgan fingerprint density at radius 3 is 2.27 bits per heavy atom. The highest BCUT2D eigenvalue weighted by Gasteiger charge is 2.27. The van der Waals surface area contributed by atoms with Crippen LogP contribution in [0.3, 0.4) is 0 Å². The first-order chi connectivity index (χ1) is 15.9. The average molecular weight is 487 g/mol. The van der Waals surface area contributed by atoms with Crippen molar-refractivity contribution in [2.45, 2.75) is 24.7 Å². The van der Waals surface area contributed by atoms with E-state index in [1.54, 1.807) is 30.3 Å². The van der Waals surface area contributed by atoms with Crippen molar-refractivity contribution in [3.8, 4) is 5.75 Å². The molecule has 0 bridgehead atoms. The maximum Gasteiger partial charge on any atom is 0.264 e. The molecular formula is C25H27ClN2O4S. The number of halogens is 1. The van der Waals surface area contributed by atoms with E-state index in [9.17, 15) is 13.2 Å². The lowest BCUT2D eigenvalue weighted by molar-refractivity contribution is -0.119. The Morgan fingerprint density at radius 2 is 1.64 bits per heavy atom. The molecule has 3 aromatic rings. The smallest absolute Gasteiger partial charge is 0.264 e. The largest absolute Gasteiger partial charge is 0.494 e. The lowest BCUT2D eigenvalue weighted by Crippen LogP contribution is -2.41. The van der Waals surface area contributed by atoms with Gasteiger partial charge in [0.25, 0.3) is 10.0 Å². The third kappa shape index (κ3) is 6.97. The van der Waals surface area contributed by atoms with Crippen molar-refractivity contribution in [2.75, 3.05) is 24.0 Å². The van der Waals surface area contributed by atoms with Crippen LogP contribution >= 0.6 is 11.6 Å². The fourth-order valence-corrected chi connectivity index (χ4v) is 4.82. The molecule has 6 nitrogen and oxygen atoms in total. The molecule has 8 heteroatoms. The number of nitrogens with one attached hydrogen (secondary N) is 1. The minimum atomic E-state index is -3.95. The third-order valence-electron chi connectivity index (χ3n) is 4.93. The summed E-state index contributed by atoms with van der Waals surface area (Å²) < 4.78 is 33.1. The molecule has 0 spiro atoms. The van der Waals surface area contributed by atoms with Crippen molar-refractivity contribution < 1.29 is 17.9 Å². The van der Waals surface area contributed by atoms with Crippen molar-refractivity contribution in [1.29, 1.82) is 0 Å². The van der Waals surface area contributed by atoms with E-state index in [1.165, 1.54) is 24.3 Å². The first kappa shape index (κ1) is 24.6. The molecule has 1 N–H and O–H groups in total. The number of nitrogens with zero attached hydrogens (tertiary/aromatic N) is 1. The number of aryl methyl sites for hydroxylation is 1. The second-order valence-electron chi connectivity index (χ2n) is 7.33. The molecule has 0 radical (unpaired) electrons. The molecule has 0 fully saturated rings. The summed E-state index contributed by atoms with van der Waals surface area (Å²) in [5.41, 5.74) is 1.56. The van der Waals surface area contributed by atoms with Gasteiger partial charge in [-0.25, -0.2) is 8.42 Å². The molecule has 3 aromatic carbocycles. The fraction of sp³-hybridized carbons (Fsp3) is 0.240. The zero-order valence-corrected chi connectivity index (χ0v) is 20.0. The van der Waals surface area contributed by atoms with Crippen LogP contribution < -0.4 is 14.4 Å². The van der Waals surface area contributed by atoms with Crippen LogP contribution in [0.1, 0.15) is 18.9 Å². The van der Waals surface area contributed by atoms with Crippen molar-refractivity contribution >= 4 is 33.2 Å². The maximum atomic E-state index is 13.3. The molecule has 0 aliphatic rings. The number of carbonyl (C=O) groups excluding carboxylic acids is 1. The first-order valence-electron chi connectivity index (χ1n) is 10.7. The molecule has 33 heavy (non-hydrogen) atoms. The van der Waals surface area contributed by atoms with Crippen molar-refractivity contribution in [2.24, 2.45) is 0 Å². The standard InChI is InChI=1S/C25H27ClN2O4S/c1-2-32-23-14-10-20(11-15-23)7-6-18-27-25(29)19-28(22-8-4-3-5-9-22)33(30,31)24-16-12-21(26)13-17-24/h3-5,8-17H,2,6-7,18-19H2,1H3,(H,27,29). The second-order valence-corrected chi connectivity index (χ2v) is 9.63. The Morgan fingerprint density at radius 1 is 0.970 bits per heavy atom. The molecule has 0 saturated carbocycles. The number of anilines is 1. The van der Waals surface area contributed by atoms with Gasteiger partial charge in [-0.1, -0.05) is 41.9 Å². The van der Waals surface area contributed by atoms with E-state index in [4.69, 9.17) is 16.3 Å². The van der Waals surface area contributed by atoms with Crippen LogP contribution in [0.4, 0.5) is 5.69 Å². The number of amides is 1. The van der Waals surface area contributed by atoms with E-state index in [1.807, 2.05) is 31.2 Å². The van der Waals surface area contributed by atoms with Crippen LogP contribution in [0.25, 0.3) is 0 Å². The molecule has 0 saturated heterocycles. The first-order valence-corrected chi connectivity index (χ1v) is 12.5. The van der Waals surface area contributed by atoms with Crippen molar-refractivity contribution in [3.63, 3.8) is 0 Å². The van der Waals surface area contributed by atoms with Crippen molar-refractivity contribution in [1.82, 2.24) is 5.32 Å². The number of hydrogen-bond acceptors (Lipinski definition) is 4. The number of rotatable bonds is 11. The van der Waals surface area contributed by atoms with Gasteiger partial charge >= 0.3 is 0 Å². The summed E-state index contributed by atoms with van der Waals surface area (Å²) in [5, 5.41) is 3.26. The minimum absolute atomic E-state index is 0.0686. The lowest BCUT2D eigenvalue weighted by atomic mass is 10.1. The van der Waals surface area contributed by atoms with E-state index in [2.05, 4.69) is 5.32 Å². The quantitative estimate of drug-likeness (QED) is 0.399. The molecule has 1 amide bonds. The summed E-state index contributed by atoms with van der Waals surface area (Å²) in [6.07, 6.45) is 1.52. The number of benzene rings is 3. The Kier molecular flexibility index (Phi) is 8.74. The van der Waals surface area contributed by atoms with Gasteiger partial charge in [0.15, 0.2) is 0 Å². The molecule has 0 unspecified atom stereocenters. The van der Waals surface area contributed by atoms with Gasteiger partial charge in [-0.05, 0) is 73.9 Å². The molecule has 0 heterocycles. The highest BCUT2D eigenvalue weighted by Crippen LogP contribution is 2.24. The average Bonchev–Trinajstić information content (AvgIpc) is 2.82. The Balaban J connectivity index is 1.61. The zero-order chi connectivity index (χ0) is 23.7. The van der Waals surface area contributed by atoms with Crippen LogP contribution in [-0.2, 0) is 21.2 Å². The Labute approximate surface area is 200 Å². The molecule has 0 aromatic heterocycles. The van der Waals surface area contributed by atoms with Gasteiger partial charge in [0.2, 0.25) is 5.91 Å². The Hall–Kier alpha value is -3.03. The van der Waals surface area contributed by atoms with Crippen molar-refractivity contribution in [3.05, 3.63) is 89.4 Å². The van der Waals surface area contributed by atoms with Crippen LogP contribution in [0.15, 0.2) is 83.8 Å². The molecular weight excluding hydrogens is 460 g/mol. The van der Waals surface area contributed by atoms with E-state index < -0.39 is 10.0 Å². The van der Waals surface area contributed by atoms with Crippen LogP contribution in [0, 0.1) is 0 Å². The number of para-hydroxylation sites is 1. The maximum absolute atomic E-state index is 13.3. The highest BCUT2D eigenvalue weighted by atomic mass is 35.5. The minimum Gasteiger partial charge on any atom is -0.494 e. The van der Waals surface area contributed by atoms with Gasteiger partial charge in [0.05, 0.1) is 17.2 Å². The van der Waals surface area contributed by atoms with E-state index >= 15 is 0 Å². The van der Waals surface area contributed by atoms with Crippen LogP contribution in [-0.4, -0.2) is 34.0 Å². The topological polar surface area (TPSA) is 75.7 Å².